The van der Waals surface area contributed by atoms with Gasteiger partial charge in [-0.05, 0) is 24.1 Å². The number of carbonyl (C=O) groups excluding carboxylic acids is 1. The third-order valence-electron chi connectivity index (χ3n) is 4.46. The zero-order valence-electron chi connectivity index (χ0n) is 12.4. The Kier molecular flexibility index (Phi) is 3.69. The van der Waals surface area contributed by atoms with Gasteiger partial charge in [0.2, 0.25) is 0 Å². The molecule has 0 amide bonds. The summed E-state index contributed by atoms with van der Waals surface area (Å²) < 4.78 is 11.6. The highest BCUT2D eigenvalue weighted by atomic mass is 35.5. The van der Waals surface area contributed by atoms with E-state index in [2.05, 4.69) is 0 Å². The second kappa shape index (κ2) is 5.60. The summed E-state index contributed by atoms with van der Waals surface area (Å²) in [4.78, 5) is 14.0. The van der Waals surface area contributed by atoms with E-state index in [0.29, 0.717) is 40.8 Å². The number of halogens is 1. The standard InChI is InChI=1S/C17H16ClNO3S/c18-12-4-2-1-3-10(12)15(20)14-11-5-6-17(21-7-8-22-17)9-13(11)23-16(14)19/h1-4H,5-9,19H2. The lowest BCUT2D eigenvalue weighted by Gasteiger charge is -2.31. The van der Waals surface area contributed by atoms with Gasteiger partial charge in [-0.2, -0.15) is 0 Å². The SMILES string of the molecule is Nc1sc2c(c1C(=O)c1ccccc1Cl)CCC1(C2)OCCO1. The zero-order chi connectivity index (χ0) is 16.0. The second-order valence-electron chi connectivity index (χ2n) is 5.84. The lowest BCUT2D eigenvalue weighted by atomic mass is 9.88. The predicted molar refractivity (Wildman–Crippen MR) is 90.3 cm³/mol. The molecule has 0 bridgehead atoms. The fourth-order valence-corrected chi connectivity index (χ4v) is 4.79. The van der Waals surface area contributed by atoms with Crippen molar-refractivity contribution in [3.8, 4) is 0 Å². The molecule has 0 radical (unpaired) electrons. The van der Waals surface area contributed by atoms with Crippen LogP contribution in [0, 0.1) is 0 Å². The highest BCUT2D eigenvalue weighted by molar-refractivity contribution is 7.16. The molecular weight excluding hydrogens is 334 g/mol. The van der Waals surface area contributed by atoms with E-state index in [4.69, 9.17) is 26.8 Å². The molecule has 120 valence electrons. The average molecular weight is 350 g/mol. The molecule has 1 aromatic carbocycles. The summed E-state index contributed by atoms with van der Waals surface area (Å²) in [5.41, 5.74) is 8.30. The van der Waals surface area contributed by atoms with E-state index in [1.165, 1.54) is 11.3 Å². The number of carbonyl (C=O) groups is 1. The maximum absolute atomic E-state index is 12.9. The van der Waals surface area contributed by atoms with E-state index in [0.717, 1.165) is 23.3 Å². The number of nitrogens with two attached hydrogens (primary N) is 1. The van der Waals surface area contributed by atoms with E-state index in [1.807, 2.05) is 12.1 Å². The quantitative estimate of drug-likeness (QED) is 0.843. The first kappa shape index (κ1) is 15.1. The average Bonchev–Trinajstić information content (AvgIpc) is 3.11. The van der Waals surface area contributed by atoms with Crippen LogP contribution in [0.3, 0.4) is 0 Å². The van der Waals surface area contributed by atoms with Crippen LogP contribution >= 0.6 is 22.9 Å². The van der Waals surface area contributed by atoms with E-state index in [-0.39, 0.29) is 5.78 Å². The molecule has 0 saturated carbocycles. The van der Waals surface area contributed by atoms with Crippen LogP contribution in [0.2, 0.25) is 5.02 Å². The topological polar surface area (TPSA) is 61.6 Å². The van der Waals surface area contributed by atoms with E-state index >= 15 is 0 Å². The molecule has 2 N–H and O–H groups in total. The van der Waals surface area contributed by atoms with Crippen molar-refractivity contribution in [1.29, 1.82) is 0 Å². The molecule has 1 fully saturated rings. The Morgan fingerprint density at radius 1 is 1.26 bits per heavy atom. The molecule has 0 unspecified atom stereocenters. The van der Waals surface area contributed by atoms with Gasteiger partial charge in [-0.25, -0.2) is 0 Å². The van der Waals surface area contributed by atoms with Gasteiger partial charge in [-0.1, -0.05) is 23.7 Å². The maximum Gasteiger partial charge on any atom is 0.197 e. The molecular formula is C17H16ClNO3S. The number of rotatable bonds is 2. The summed E-state index contributed by atoms with van der Waals surface area (Å²) in [6, 6.07) is 7.08. The Labute approximate surface area is 143 Å². The lowest BCUT2D eigenvalue weighted by Crippen LogP contribution is -2.36. The van der Waals surface area contributed by atoms with Crippen molar-refractivity contribution in [2.75, 3.05) is 18.9 Å². The first-order valence-corrected chi connectivity index (χ1v) is 8.76. The Bertz CT molecular complexity index is 780. The van der Waals surface area contributed by atoms with Crippen molar-refractivity contribution in [1.82, 2.24) is 0 Å². The second-order valence-corrected chi connectivity index (χ2v) is 7.38. The molecule has 1 aliphatic heterocycles. The number of thiophene rings is 1. The third kappa shape index (κ3) is 2.48. The monoisotopic (exact) mass is 349 g/mol. The Morgan fingerprint density at radius 2 is 2.00 bits per heavy atom. The first-order valence-electron chi connectivity index (χ1n) is 7.57. The number of hydrogen-bond donors (Lipinski definition) is 1. The number of hydrogen-bond acceptors (Lipinski definition) is 5. The smallest absolute Gasteiger partial charge is 0.197 e. The van der Waals surface area contributed by atoms with Gasteiger partial charge in [-0.3, -0.25) is 4.79 Å². The predicted octanol–water partition coefficient (Wildman–Crippen LogP) is 3.45. The van der Waals surface area contributed by atoms with Crippen molar-refractivity contribution in [3.05, 3.63) is 50.9 Å². The third-order valence-corrected chi connectivity index (χ3v) is 5.85. The summed E-state index contributed by atoms with van der Waals surface area (Å²) in [5.74, 6) is -0.621. The van der Waals surface area contributed by atoms with Crippen LogP contribution in [0.5, 0.6) is 0 Å². The number of benzene rings is 1. The van der Waals surface area contributed by atoms with Gasteiger partial charge in [0.05, 0.1) is 28.8 Å². The number of ether oxygens (including phenoxy) is 2. The molecule has 1 saturated heterocycles. The molecule has 23 heavy (non-hydrogen) atoms. The first-order chi connectivity index (χ1) is 11.1. The highest BCUT2D eigenvalue weighted by Gasteiger charge is 2.42. The molecule has 1 aliphatic carbocycles. The fraction of sp³-hybridized carbons (Fsp3) is 0.353. The molecule has 1 spiro atoms. The maximum atomic E-state index is 12.9. The largest absolute Gasteiger partial charge is 0.390 e. The molecule has 2 aliphatic rings. The summed E-state index contributed by atoms with van der Waals surface area (Å²) in [5, 5.41) is 1.00. The van der Waals surface area contributed by atoms with Gasteiger partial charge in [0.1, 0.15) is 0 Å². The Morgan fingerprint density at radius 3 is 2.74 bits per heavy atom. The van der Waals surface area contributed by atoms with Crippen molar-refractivity contribution in [2.45, 2.75) is 25.0 Å². The molecule has 2 aromatic rings. The molecule has 0 atom stereocenters. The Balaban J connectivity index is 1.73. The number of ketones is 1. The minimum absolute atomic E-state index is 0.102. The van der Waals surface area contributed by atoms with Gasteiger partial charge in [0.25, 0.3) is 0 Å². The van der Waals surface area contributed by atoms with Gasteiger partial charge in [0.15, 0.2) is 11.6 Å². The van der Waals surface area contributed by atoms with E-state index in [1.54, 1.807) is 12.1 Å². The van der Waals surface area contributed by atoms with Gasteiger partial charge in [0, 0.05) is 23.3 Å². The van der Waals surface area contributed by atoms with Crippen molar-refractivity contribution >= 4 is 33.7 Å². The van der Waals surface area contributed by atoms with Crippen molar-refractivity contribution in [2.24, 2.45) is 0 Å². The summed E-state index contributed by atoms with van der Waals surface area (Å²) in [6.45, 7) is 1.25. The molecule has 4 nitrogen and oxygen atoms in total. The summed E-state index contributed by atoms with van der Waals surface area (Å²) in [7, 11) is 0. The minimum Gasteiger partial charge on any atom is -0.390 e. The molecule has 4 rings (SSSR count). The van der Waals surface area contributed by atoms with Gasteiger partial charge < -0.3 is 15.2 Å². The normalized spacial score (nSPS) is 19.0. The van der Waals surface area contributed by atoms with Crippen LogP contribution in [-0.2, 0) is 22.3 Å². The zero-order valence-corrected chi connectivity index (χ0v) is 14.0. The van der Waals surface area contributed by atoms with Crippen LogP contribution in [0.25, 0.3) is 0 Å². The van der Waals surface area contributed by atoms with Crippen molar-refractivity contribution in [3.63, 3.8) is 0 Å². The van der Waals surface area contributed by atoms with Crippen molar-refractivity contribution < 1.29 is 14.3 Å². The summed E-state index contributed by atoms with van der Waals surface area (Å²) in [6.07, 6.45) is 2.14. The minimum atomic E-state index is -0.519. The number of nitrogen functional groups attached to an aromatic ring is 1. The van der Waals surface area contributed by atoms with Crippen LogP contribution in [0.1, 0.15) is 32.8 Å². The van der Waals surface area contributed by atoms with Gasteiger partial charge >= 0.3 is 0 Å². The van der Waals surface area contributed by atoms with Crippen LogP contribution in [-0.4, -0.2) is 24.8 Å². The van der Waals surface area contributed by atoms with E-state index in [9.17, 15) is 4.79 Å². The molecule has 1 aromatic heterocycles. The van der Waals surface area contributed by atoms with Crippen LogP contribution in [0.15, 0.2) is 24.3 Å². The van der Waals surface area contributed by atoms with E-state index < -0.39 is 5.79 Å². The fourth-order valence-electron chi connectivity index (χ4n) is 3.36. The van der Waals surface area contributed by atoms with Crippen LogP contribution < -0.4 is 5.73 Å². The lowest BCUT2D eigenvalue weighted by molar-refractivity contribution is -0.163. The summed E-state index contributed by atoms with van der Waals surface area (Å²) >= 11 is 7.63. The molecule has 2 heterocycles. The highest BCUT2D eigenvalue weighted by Crippen LogP contribution is 2.43. The Hall–Kier alpha value is -1.40. The van der Waals surface area contributed by atoms with Gasteiger partial charge in [-0.15, -0.1) is 11.3 Å². The molecule has 6 heteroatoms. The number of fused-ring (bicyclic) bond motifs is 1. The number of anilines is 1. The van der Waals surface area contributed by atoms with Crippen LogP contribution in [0.4, 0.5) is 5.00 Å².